The number of anilines is 1. The summed E-state index contributed by atoms with van der Waals surface area (Å²) < 4.78 is 2.02. The van der Waals surface area contributed by atoms with Gasteiger partial charge in [-0.2, -0.15) is 0 Å². The second-order valence-electron chi connectivity index (χ2n) is 3.99. The Bertz CT molecular complexity index is 734. The molecule has 0 unspecified atom stereocenters. The average Bonchev–Trinajstić information content (AvgIpc) is 2.71. The number of hydrogen-bond donors (Lipinski definition) is 2. The number of nitrogen functional groups attached to an aromatic ring is 1. The number of H-pyrrole nitrogens is 1. The van der Waals surface area contributed by atoms with E-state index < -0.39 is 0 Å². The summed E-state index contributed by atoms with van der Waals surface area (Å²) in [4.78, 5) is 7.83. The lowest BCUT2D eigenvalue weighted by molar-refractivity contribution is 1.33. The first-order valence-electron chi connectivity index (χ1n) is 5.34. The predicted octanol–water partition coefficient (Wildman–Crippen LogP) is 4.34. The fourth-order valence-corrected chi connectivity index (χ4v) is 3.07. The highest BCUT2D eigenvalue weighted by Crippen LogP contribution is 2.30. The van der Waals surface area contributed by atoms with E-state index in [1.54, 1.807) is 0 Å². The van der Waals surface area contributed by atoms with Gasteiger partial charge in [-0.15, -0.1) is 0 Å². The Morgan fingerprint density at radius 2 is 1.89 bits per heavy atom. The van der Waals surface area contributed by atoms with Crippen LogP contribution in [0.15, 0.2) is 45.3 Å². The Morgan fingerprint density at radius 3 is 2.67 bits per heavy atom. The first kappa shape index (κ1) is 11.7. The second-order valence-corrected chi connectivity index (χ2v) is 5.76. The molecule has 0 atom stereocenters. The van der Waals surface area contributed by atoms with Gasteiger partial charge < -0.3 is 10.7 Å². The average molecular weight is 367 g/mol. The van der Waals surface area contributed by atoms with E-state index >= 15 is 0 Å². The molecule has 0 amide bonds. The molecular formula is C13H9Br2N3. The summed E-state index contributed by atoms with van der Waals surface area (Å²) in [6.45, 7) is 0. The van der Waals surface area contributed by atoms with Crippen molar-refractivity contribution in [1.82, 2.24) is 9.97 Å². The lowest BCUT2D eigenvalue weighted by Crippen LogP contribution is -1.82. The van der Waals surface area contributed by atoms with Crippen molar-refractivity contribution < 1.29 is 0 Å². The van der Waals surface area contributed by atoms with Crippen LogP contribution in [-0.4, -0.2) is 9.97 Å². The van der Waals surface area contributed by atoms with Crippen molar-refractivity contribution in [3.63, 3.8) is 0 Å². The predicted molar refractivity (Wildman–Crippen MR) is 81.3 cm³/mol. The zero-order valence-corrected chi connectivity index (χ0v) is 12.4. The van der Waals surface area contributed by atoms with Crippen LogP contribution in [0, 0.1) is 0 Å². The third kappa shape index (κ3) is 2.04. The fourth-order valence-electron chi connectivity index (χ4n) is 1.84. The van der Waals surface area contributed by atoms with Crippen molar-refractivity contribution in [3.8, 4) is 11.4 Å². The largest absolute Gasteiger partial charge is 0.399 e. The second kappa shape index (κ2) is 4.40. The van der Waals surface area contributed by atoms with Gasteiger partial charge >= 0.3 is 0 Å². The summed E-state index contributed by atoms with van der Waals surface area (Å²) in [6, 6.07) is 11.6. The third-order valence-electron chi connectivity index (χ3n) is 2.69. The number of rotatable bonds is 1. The Morgan fingerprint density at radius 1 is 1.06 bits per heavy atom. The number of nitrogens with zero attached hydrogens (tertiary/aromatic N) is 1. The van der Waals surface area contributed by atoms with Gasteiger partial charge in [-0.3, -0.25) is 0 Å². The summed E-state index contributed by atoms with van der Waals surface area (Å²) in [7, 11) is 0. The molecule has 1 heterocycles. The van der Waals surface area contributed by atoms with Gasteiger partial charge in [-0.1, -0.05) is 15.9 Å². The van der Waals surface area contributed by atoms with E-state index in [1.807, 2.05) is 36.4 Å². The molecule has 2 aromatic carbocycles. The quantitative estimate of drug-likeness (QED) is 0.629. The van der Waals surface area contributed by atoms with E-state index in [4.69, 9.17) is 5.73 Å². The highest BCUT2D eigenvalue weighted by atomic mass is 79.9. The topological polar surface area (TPSA) is 54.7 Å². The zero-order chi connectivity index (χ0) is 12.7. The highest BCUT2D eigenvalue weighted by Gasteiger charge is 2.09. The number of nitrogens with one attached hydrogen (secondary N) is 1. The van der Waals surface area contributed by atoms with Crippen LogP contribution in [0.1, 0.15) is 0 Å². The van der Waals surface area contributed by atoms with E-state index in [9.17, 15) is 0 Å². The van der Waals surface area contributed by atoms with Crippen LogP contribution in [0.4, 0.5) is 5.69 Å². The summed E-state index contributed by atoms with van der Waals surface area (Å²) >= 11 is 6.98. The summed E-state index contributed by atoms with van der Waals surface area (Å²) in [6.07, 6.45) is 0. The third-order valence-corrected chi connectivity index (χ3v) is 3.84. The number of imidazole rings is 1. The molecule has 0 aliphatic carbocycles. The maximum atomic E-state index is 5.76. The first-order valence-corrected chi connectivity index (χ1v) is 6.93. The maximum absolute atomic E-state index is 5.76. The monoisotopic (exact) mass is 365 g/mol. The summed E-state index contributed by atoms with van der Waals surface area (Å²) in [5.41, 5.74) is 9.36. The van der Waals surface area contributed by atoms with Crippen molar-refractivity contribution in [2.75, 3.05) is 5.73 Å². The molecule has 5 heteroatoms. The van der Waals surface area contributed by atoms with E-state index in [0.717, 1.165) is 37.1 Å². The number of nitrogens with two attached hydrogens (primary N) is 1. The van der Waals surface area contributed by atoms with Crippen molar-refractivity contribution >= 4 is 48.6 Å². The molecule has 3 N–H and O–H groups in total. The Hall–Kier alpha value is -1.33. The molecule has 0 spiro atoms. The van der Waals surface area contributed by atoms with Gasteiger partial charge in [0.25, 0.3) is 0 Å². The molecule has 0 aliphatic heterocycles. The number of aromatic nitrogens is 2. The standard InChI is InChI=1S/C13H9Br2N3/c14-7-1-3-9(10(15)5-7)13-17-11-4-2-8(16)6-12(11)18-13/h1-6H,16H2,(H,17,18). The first-order chi connectivity index (χ1) is 8.63. The molecule has 3 nitrogen and oxygen atoms in total. The molecule has 18 heavy (non-hydrogen) atoms. The van der Waals surface area contributed by atoms with E-state index in [-0.39, 0.29) is 0 Å². The maximum Gasteiger partial charge on any atom is 0.139 e. The van der Waals surface area contributed by atoms with Gasteiger partial charge in [0.05, 0.1) is 11.0 Å². The van der Waals surface area contributed by atoms with Gasteiger partial charge in [-0.25, -0.2) is 4.98 Å². The van der Waals surface area contributed by atoms with Crippen LogP contribution >= 0.6 is 31.9 Å². The van der Waals surface area contributed by atoms with Crippen molar-refractivity contribution in [2.24, 2.45) is 0 Å². The van der Waals surface area contributed by atoms with Crippen molar-refractivity contribution in [2.45, 2.75) is 0 Å². The molecule has 0 radical (unpaired) electrons. The van der Waals surface area contributed by atoms with E-state index in [1.165, 1.54) is 0 Å². The van der Waals surface area contributed by atoms with Gasteiger partial charge in [0.2, 0.25) is 0 Å². The summed E-state index contributed by atoms with van der Waals surface area (Å²) in [5.74, 6) is 0.829. The molecule has 90 valence electrons. The molecular weight excluding hydrogens is 358 g/mol. The lowest BCUT2D eigenvalue weighted by atomic mass is 10.2. The van der Waals surface area contributed by atoms with Crippen LogP contribution in [0.3, 0.4) is 0 Å². The normalized spacial score (nSPS) is 11.0. The minimum Gasteiger partial charge on any atom is -0.399 e. The smallest absolute Gasteiger partial charge is 0.139 e. The minimum atomic E-state index is 0.729. The number of benzene rings is 2. The van der Waals surface area contributed by atoms with Crippen LogP contribution in [0.5, 0.6) is 0 Å². The molecule has 3 rings (SSSR count). The van der Waals surface area contributed by atoms with Gasteiger partial charge in [0.1, 0.15) is 5.82 Å². The SMILES string of the molecule is Nc1ccc2nc(-c3ccc(Br)cc3Br)[nH]c2c1. The van der Waals surface area contributed by atoms with E-state index in [0.29, 0.717) is 0 Å². The van der Waals surface area contributed by atoms with Crippen LogP contribution < -0.4 is 5.73 Å². The fraction of sp³-hybridized carbons (Fsp3) is 0. The van der Waals surface area contributed by atoms with Crippen LogP contribution in [0.25, 0.3) is 22.4 Å². The Kier molecular flexibility index (Phi) is 2.87. The molecule has 0 saturated heterocycles. The Balaban J connectivity index is 2.19. The molecule has 0 fully saturated rings. The number of hydrogen-bond acceptors (Lipinski definition) is 2. The molecule has 3 aromatic rings. The van der Waals surface area contributed by atoms with Crippen LogP contribution in [0.2, 0.25) is 0 Å². The zero-order valence-electron chi connectivity index (χ0n) is 9.24. The Labute approximate surface area is 121 Å². The highest BCUT2D eigenvalue weighted by molar-refractivity contribution is 9.11. The number of fused-ring (bicyclic) bond motifs is 1. The molecule has 0 bridgehead atoms. The van der Waals surface area contributed by atoms with Crippen molar-refractivity contribution in [1.29, 1.82) is 0 Å². The summed E-state index contributed by atoms with van der Waals surface area (Å²) in [5, 5.41) is 0. The van der Waals surface area contributed by atoms with Gasteiger partial charge in [-0.05, 0) is 52.3 Å². The van der Waals surface area contributed by atoms with Gasteiger partial charge in [0, 0.05) is 20.2 Å². The molecule has 0 saturated carbocycles. The van der Waals surface area contributed by atoms with Gasteiger partial charge in [0.15, 0.2) is 0 Å². The minimum absolute atomic E-state index is 0.729. The van der Waals surface area contributed by atoms with Crippen LogP contribution in [-0.2, 0) is 0 Å². The lowest BCUT2D eigenvalue weighted by Gasteiger charge is -2.00. The molecule has 0 aliphatic rings. The number of aromatic amines is 1. The van der Waals surface area contributed by atoms with Crippen molar-refractivity contribution in [3.05, 3.63) is 45.3 Å². The molecule has 1 aromatic heterocycles. The number of halogens is 2. The van der Waals surface area contributed by atoms with E-state index in [2.05, 4.69) is 41.8 Å².